The van der Waals surface area contributed by atoms with Gasteiger partial charge in [0.2, 0.25) is 11.6 Å². The van der Waals surface area contributed by atoms with E-state index in [9.17, 15) is 23.6 Å². The summed E-state index contributed by atoms with van der Waals surface area (Å²) in [7, 11) is 0. The summed E-state index contributed by atoms with van der Waals surface area (Å²) in [5, 5.41) is 15.7. The van der Waals surface area contributed by atoms with Gasteiger partial charge in [-0.25, -0.2) is 13.6 Å². The number of pyridine rings is 1. The van der Waals surface area contributed by atoms with Gasteiger partial charge in [-0.1, -0.05) is 41.9 Å². The average molecular weight is 565 g/mol. The summed E-state index contributed by atoms with van der Waals surface area (Å²) >= 11 is 5.82. The Morgan fingerprint density at radius 2 is 1.65 bits per heavy atom. The number of ether oxygens (including phenoxy) is 1. The van der Waals surface area contributed by atoms with Gasteiger partial charge in [0, 0.05) is 11.8 Å². The number of nitrogens with one attached hydrogen (secondary N) is 1. The molecule has 6 nitrogen and oxygen atoms in total. The predicted octanol–water partition coefficient (Wildman–Crippen LogP) is 6.84. The van der Waals surface area contributed by atoms with Gasteiger partial charge in [-0.3, -0.25) is 4.79 Å². The van der Waals surface area contributed by atoms with E-state index >= 15 is 0 Å². The molecule has 1 aromatic heterocycles. The van der Waals surface area contributed by atoms with E-state index in [0.717, 1.165) is 23.9 Å². The molecule has 9 heteroatoms. The van der Waals surface area contributed by atoms with E-state index in [-0.39, 0.29) is 22.7 Å². The molecule has 3 aromatic carbocycles. The van der Waals surface area contributed by atoms with Crippen molar-refractivity contribution < 1.29 is 27.8 Å². The highest BCUT2D eigenvalue weighted by Crippen LogP contribution is 2.31. The normalized spacial score (nSPS) is 12.1. The van der Waals surface area contributed by atoms with Crippen molar-refractivity contribution in [3.63, 3.8) is 0 Å². The summed E-state index contributed by atoms with van der Waals surface area (Å²) in [6.45, 7) is 5.30. The number of carbonyl (C=O) groups is 2. The summed E-state index contributed by atoms with van der Waals surface area (Å²) in [4.78, 5) is 25.8. The van der Waals surface area contributed by atoms with Crippen molar-refractivity contribution in [3.8, 4) is 11.1 Å². The highest BCUT2D eigenvalue weighted by molar-refractivity contribution is 6.31. The number of hydrogen-bond acceptors (Lipinski definition) is 4. The fourth-order valence-electron chi connectivity index (χ4n) is 4.14. The molecule has 40 heavy (non-hydrogen) atoms. The van der Waals surface area contributed by atoms with E-state index in [4.69, 9.17) is 16.3 Å². The van der Waals surface area contributed by atoms with Crippen LogP contribution in [0.3, 0.4) is 0 Å². The van der Waals surface area contributed by atoms with Crippen molar-refractivity contribution in [2.45, 2.75) is 38.7 Å². The molecule has 0 saturated heterocycles. The number of aromatic nitrogens is 1. The quantitative estimate of drug-likeness (QED) is 0.115. The van der Waals surface area contributed by atoms with E-state index in [1.54, 1.807) is 32.9 Å². The molecule has 0 aliphatic heterocycles. The third kappa shape index (κ3) is 6.82. The molecule has 4 rings (SSSR count). The second-order valence-electron chi connectivity index (χ2n) is 10.2. The first-order valence-electron chi connectivity index (χ1n) is 12.5. The van der Waals surface area contributed by atoms with Crippen LogP contribution in [0.2, 0.25) is 5.02 Å². The third-order valence-electron chi connectivity index (χ3n) is 6.02. The molecule has 4 aromatic rings. The van der Waals surface area contributed by atoms with Crippen LogP contribution >= 0.6 is 11.6 Å². The Balaban J connectivity index is 1.63. The molecule has 0 radical (unpaired) electrons. The number of halogens is 3. The van der Waals surface area contributed by atoms with Gasteiger partial charge in [0.05, 0.1) is 21.7 Å². The molecule has 1 amide bonds. The summed E-state index contributed by atoms with van der Waals surface area (Å²) in [5.74, 6) is -3.78. The minimum Gasteiger partial charge on any atom is -0.618 e. The predicted molar refractivity (Wildman–Crippen MR) is 149 cm³/mol. The lowest BCUT2D eigenvalue weighted by atomic mass is 9.93. The molecule has 0 fully saturated rings. The Morgan fingerprint density at radius 3 is 2.27 bits per heavy atom. The molecular formula is C31H27ClF2N2O4. The van der Waals surface area contributed by atoms with Gasteiger partial charge in [-0.05, 0) is 75.2 Å². The van der Waals surface area contributed by atoms with Gasteiger partial charge in [-0.15, -0.1) is 0 Å². The standard InChI is InChI=1S/C31H27ClF2N2O4/c1-31(2,3)40-30(38)20-9-12-22(13-10-20)35-29(37)23(17-19-7-5-4-6-8-19)26-16-11-21(18-36(26)39)27-25(33)15-14-24(32)28(27)34/h4-16,18,23H,17H2,1-3H3,(H,35,37). The molecule has 206 valence electrons. The zero-order valence-corrected chi connectivity index (χ0v) is 22.8. The van der Waals surface area contributed by atoms with Crippen LogP contribution in [0, 0.1) is 16.8 Å². The van der Waals surface area contributed by atoms with Crippen LogP contribution < -0.4 is 10.0 Å². The number of nitrogens with zero attached hydrogens (tertiary/aromatic N) is 1. The van der Waals surface area contributed by atoms with Gasteiger partial charge < -0.3 is 15.3 Å². The van der Waals surface area contributed by atoms with Crippen LogP contribution in [0.1, 0.15) is 48.3 Å². The third-order valence-corrected chi connectivity index (χ3v) is 6.31. The van der Waals surface area contributed by atoms with E-state index in [1.807, 2.05) is 30.3 Å². The fourth-order valence-corrected chi connectivity index (χ4v) is 4.30. The molecule has 1 unspecified atom stereocenters. The van der Waals surface area contributed by atoms with Crippen LogP contribution in [-0.4, -0.2) is 17.5 Å². The van der Waals surface area contributed by atoms with Gasteiger partial charge in [0.25, 0.3) is 0 Å². The molecular weight excluding hydrogens is 538 g/mol. The number of carbonyl (C=O) groups excluding carboxylic acids is 2. The lowest BCUT2D eigenvalue weighted by Gasteiger charge is -2.20. The van der Waals surface area contributed by atoms with Crippen molar-refractivity contribution in [1.82, 2.24) is 0 Å². The van der Waals surface area contributed by atoms with E-state index < -0.39 is 40.6 Å². The second kappa shape index (κ2) is 11.8. The lowest BCUT2D eigenvalue weighted by molar-refractivity contribution is -0.614. The Kier molecular flexibility index (Phi) is 8.49. The number of anilines is 1. The molecule has 0 aliphatic carbocycles. The van der Waals surface area contributed by atoms with Crippen LogP contribution in [-0.2, 0) is 16.0 Å². The van der Waals surface area contributed by atoms with E-state index in [2.05, 4.69) is 5.32 Å². The highest BCUT2D eigenvalue weighted by atomic mass is 35.5. The van der Waals surface area contributed by atoms with Crippen LogP contribution in [0.4, 0.5) is 14.5 Å². The molecule has 1 heterocycles. The van der Waals surface area contributed by atoms with Crippen molar-refractivity contribution in [3.05, 3.63) is 124 Å². The Labute approximate surface area is 235 Å². The Morgan fingerprint density at radius 1 is 0.975 bits per heavy atom. The van der Waals surface area contributed by atoms with Crippen LogP contribution in [0.5, 0.6) is 0 Å². The van der Waals surface area contributed by atoms with Gasteiger partial charge in [0.15, 0.2) is 12.0 Å². The number of rotatable bonds is 7. The molecule has 0 aliphatic rings. The fraction of sp³-hybridized carbons (Fsp3) is 0.194. The Hall–Kier alpha value is -4.30. The number of amides is 1. The first kappa shape index (κ1) is 28.7. The number of benzene rings is 3. The summed E-state index contributed by atoms with van der Waals surface area (Å²) in [6.07, 6.45) is 1.21. The smallest absolute Gasteiger partial charge is 0.338 e. The number of esters is 1. The summed E-state index contributed by atoms with van der Waals surface area (Å²) < 4.78 is 34.8. The topological polar surface area (TPSA) is 82.3 Å². The van der Waals surface area contributed by atoms with Crippen molar-refractivity contribution >= 4 is 29.2 Å². The monoisotopic (exact) mass is 564 g/mol. The minimum atomic E-state index is -0.983. The zero-order valence-electron chi connectivity index (χ0n) is 22.1. The minimum absolute atomic E-state index is 0.0205. The maximum atomic E-state index is 14.6. The second-order valence-corrected chi connectivity index (χ2v) is 10.6. The van der Waals surface area contributed by atoms with Gasteiger partial charge in [-0.2, -0.15) is 4.73 Å². The SMILES string of the molecule is CC(C)(C)OC(=O)c1ccc(NC(=O)C(Cc2ccccc2)c2ccc(-c3c(F)ccc(Cl)c3F)c[n+]2[O-])cc1. The molecule has 0 saturated carbocycles. The van der Waals surface area contributed by atoms with Crippen LogP contribution in [0.25, 0.3) is 11.1 Å². The largest absolute Gasteiger partial charge is 0.618 e. The Bertz CT molecular complexity index is 1540. The van der Waals surface area contributed by atoms with E-state index in [1.165, 1.54) is 24.3 Å². The average Bonchev–Trinajstić information content (AvgIpc) is 2.90. The maximum Gasteiger partial charge on any atom is 0.338 e. The van der Waals surface area contributed by atoms with Crippen molar-refractivity contribution in [2.75, 3.05) is 5.32 Å². The zero-order chi connectivity index (χ0) is 29.0. The summed E-state index contributed by atoms with van der Waals surface area (Å²) in [6, 6.07) is 20.2. The molecule has 1 N–H and O–H groups in total. The molecule has 1 atom stereocenters. The van der Waals surface area contributed by atoms with Crippen LogP contribution in [0.15, 0.2) is 85.1 Å². The molecule has 0 bridgehead atoms. The van der Waals surface area contributed by atoms with Gasteiger partial charge >= 0.3 is 5.97 Å². The van der Waals surface area contributed by atoms with E-state index in [0.29, 0.717) is 16.0 Å². The van der Waals surface area contributed by atoms with Gasteiger partial charge in [0.1, 0.15) is 17.3 Å². The summed E-state index contributed by atoms with van der Waals surface area (Å²) in [5.41, 5.74) is 0.514. The first-order chi connectivity index (χ1) is 18.9. The highest BCUT2D eigenvalue weighted by Gasteiger charge is 2.29. The van der Waals surface area contributed by atoms with Crippen molar-refractivity contribution in [1.29, 1.82) is 0 Å². The maximum absolute atomic E-state index is 14.6. The molecule has 0 spiro atoms. The number of hydrogen-bond donors (Lipinski definition) is 1. The van der Waals surface area contributed by atoms with Crippen molar-refractivity contribution in [2.24, 2.45) is 0 Å². The first-order valence-corrected chi connectivity index (χ1v) is 12.9. The lowest BCUT2D eigenvalue weighted by Crippen LogP contribution is -2.38.